The summed E-state index contributed by atoms with van der Waals surface area (Å²) >= 11 is 0. The Balaban J connectivity index is 3.52. The van der Waals surface area contributed by atoms with Gasteiger partial charge in [0.2, 0.25) is 11.7 Å². The number of nitrogens with zero attached hydrogens (tertiary/aromatic N) is 2. The van der Waals surface area contributed by atoms with Gasteiger partial charge in [0.25, 0.3) is 0 Å². The van der Waals surface area contributed by atoms with Gasteiger partial charge < -0.3 is 10.4 Å². The van der Waals surface area contributed by atoms with Crippen molar-refractivity contribution < 1.29 is 19.7 Å². The van der Waals surface area contributed by atoms with E-state index in [0.717, 1.165) is 19.1 Å². The Bertz CT molecular complexity index is 512. The number of hydrogen-bond acceptors (Lipinski definition) is 6. The number of phenolic OH excluding ortho intramolecular Hbond substituents is 1. The molecule has 0 atom stereocenters. The lowest BCUT2D eigenvalue weighted by Gasteiger charge is -2.04. The van der Waals surface area contributed by atoms with Crippen LogP contribution < -0.4 is 5.32 Å². The summed E-state index contributed by atoms with van der Waals surface area (Å²) in [6, 6.07) is 1.91. The SMILES string of the molecule is CC(=O)Nc1ccc(O)c([N+](=O)[O-])c1[N+](=O)[O-]. The quantitative estimate of drug-likeness (QED) is 0.463. The van der Waals surface area contributed by atoms with E-state index in [4.69, 9.17) is 0 Å². The molecule has 0 aliphatic rings. The Kier molecular flexibility index (Phi) is 3.22. The van der Waals surface area contributed by atoms with E-state index in [2.05, 4.69) is 5.32 Å². The van der Waals surface area contributed by atoms with Gasteiger partial charge in [-0.3, -0.25) is 25.0 Å². The van der Waals surface area contributed by atoms with Gasteiger partial charge in [0, 0.05) is 6.92 Å². The summed E-state index contributed by atoms with van der Waals surface area (Å²) < 4.78 is 0. The lowest BCUT2D eigenvalue weighted by molar-refractivity contribution is -0.422. The van der Waals surface area contributed by atoms with Crippen LogP contribution in [0.4, 0.5) is 17.1 Å². The van der Waals surface area contributed by atoms with E-state index in [1.54, 1.807) is 0 Å². The number of nitro benzene ring substituents is 2. The zero-order chi connectivity index (χ0) is 13.2. The first-order valence-electron chi connectivity index (χ1n) is 4.27. The lowest BCUT2D eigenvalue weighted by Crippen LogP contribution is -2.09. The minimum atomic E-state index is -1.08. The van der Waals surface area contributed by atoms with Crippen LogP contribution in [-0.4, -0.2) is 20.9 Å². The van der Waals surface area contributed by atoms with Crippen LogP contribution in [-0.2, 0) is 4.79 Å². The highest BCUT2D eigenvalue weighted by Gasteiger charge is 2.33. The fraction of sp³-hybridized carbons (Fsp3) is 0.125. The second-order valence-corrected chi connectivity index (χ2v) is 3.02. The molecule has 1 aromatic carbocycles. The molecule has 0 aromatic heterocycles. The van der Waals surface area contributed by atoms with Gasteiger partial charge >= 0.3 is 11.4 Å². The second kappa shape index (κ2) is 4.43. The predicted octanol–water partition coefficient (Wildman–Crippen LogP) is 1.17. The number of carbonyl (C=O) groups is 1. The Hall–Kier alpha value is -2.71. The normalized spacial score (nSPS) is 9.71. The van der Waals surface area contributed by atoms with E-state index in [1.165, 1.54) is 0 Å². The highest BCUT2D eigenvalue weighted by atomic mass is 16.6. The van der Waals surface area contributed by atoms with Gasteiger partial charge in [-0.15, -0.1) is 0 Å². The van der Waals surface area contributed by atoms with Crippen LogP contribution in [0.1, 0.15) is 6.92 Å². The van der Waals surface area contributed by atoms with Gasteiger partial charge in [0.15, 0.2) is 0 Å². The number of hydrogen-bond donors (Lipinski definition) is 2. The van der Waals surface area contributed by atoms with Crippen molar-refractivity contribution in [3.8, 4) is 5.75 Å². The van der Waals surface area contributed by atoms with Crippen molar-refractivity contribution >= 4 is 23.0 Å². The maximum Gasteiger partial charge on any atom is 0.389 e. The zero-order valence-electron chi connectivity index (χ0n) is 8.54. The molecular formula is C8H7N3O6. The summed E-state index contributed by atoms with van der Waals surface area (Å²) in [4.78, 5) is 30.0. The molecular weight excluding hydrogens is 234 g/mol. The lowest BCUT2D eigenvalue weighted by atomic mass is 10.2. The molecule has 0 aliphatic heterocycles. The van der Waals surface area contributed by atoms with Crippen molar-refractivity contribution in [1.82, 2.24) is 0 Å². The Morgan fingerprint density at radius 1 is 1.24 bits per heavy atom. The van der Waals surface area contributed by atoms with Gasteiger partial charge in [-0.2, -0.15) is 0 Å². The number of phenols is 1. The summed E-state index contributed by atoms with van der Waals surface area (Å²) in [6.45, 7) is 1.10. The molecule has 0 aliphatic carbocycles. The number of nitro groups is 2. The maximum absolute atomic E-state index is 10.8. The first-order valence-corrected chi connectivity index (χ1v) is 4.27. The number of rotatable bonds is 3. The summed E-state index contributed by atoms with van der Waals surface area (Å²) in [6.07, 6.45) is 0. The highest BCUT2D eigenvalue weighted by molar-refractivity contribution is 5.93. The van der Waals surface area contributed by atoms with Gasteiger partial charge in [0.05, 0.1) is 9.85 Å². The molecule has 1 aromatic rings. The maximum atomic E-state index is 10.8. The third kappa shape index (κ3) is 2.45. The summed E-state index contributed by atoms with van der Waals surface area (Å²) in [7, 11) is 0. The minimum absolute atomic E-state index is 0.341. The average molecular weight is 241 g/mol. The number of aromatic hydroxyl groups is 1. The highest BCUT2D eigenvalue weighted by Crippen LogP contribution is 2.41. The fourth-order valence-corrected chi connectivity index (χ4v) is 1.22. The number of benzene rings is 1. The van der Waals surface area contributed by atoms with E-state index < -0.39 is 32.9 Å². The van der Waals surface area contributed by atoms with Crippen molar-refractivity contribution in [2.24, 2.45) is 0 Å². The van der Waals surface area contributed by atoms with Gasteiger partial charge in [-0.05, 0) is 12.1 Å². The third-order valence-electron chi connectivity index (χ3n) is 1.81. The smallest absolute Gasteiger partial charge is 0.389 e. The molecule has 90 valence electrons. The van der Waals surface area contributed by atoms with Crippen LogP contribution in [0.3, 0.4) is 0 Å². The third-order valence-corrected chi connectivity index (χ3v) is 1.81. The van der Waals surface area contributed by atoms with Crippen LogP contribution in [0.5, 0.6) is 5.75 Å². The van der Waals surface area contributed by atoms with E-state index in [0.29, 0.717) is 0 Å². The van der Waals surface area contributed by atoms with Crippen LogP contribution in [0, 0.1) is 20.2 Å². The van der Waals surface area contributed by atoms with Gasteiger partial charge in [-0.25, -0.2) is 0 Å². The van der Waals surface area contributed by atoms with Crippen molar-refractivity contribution in [2.75, 3.05) is 5.32 Å². The molecule has 0 unspecified atom stereocenters. The number of amides is 1. The van der Waals surface area contributed by atoms with Crippen molar-refractivity contribution in [3.63, 3.8) is 0 Å². The van der Waals surface area contributed by atoms with Gasteiger partial charge in [-0.1, -0.05) is 0 Å². The molecule has 0 bridgehead atoms. The zero-order valence-corrected chi connectivity index (χ0v) is 8.54. The number of anilines is 1. The van der Waals surface area contributed by atoms with E-state index in [-0.39, 0.29) is 5.69 Å². The molecule has 9 nitrogen and oxygen atoms in total. The standard InChI is InChI=1S/C8H7N3O6/c1-4(12)9-5-2-3-6(13)8(11(16)17)7(5)10(14)15/h2-3,13H,1H3,(H,9,12). The molecule has 2 N–H and O–H groups in total. The Labute approximate surface area is 94.0 Å². The van der Waals surface area contributed by atoms with Crippen molar-refractivity contribution in [2.45, 2.75) is 6.92 Å². The van der Waals surface area contributed by atoms with E-state index >= 15 is 0 Å². The van der Waals surface area contributed by atoms with Crippen LogP contribution in [0.2, 0.25) is 0 Å². The minimum Gasteiger partial charge on any atom is -0.502 e. The van der Waals surface area contributed by atoms with Crippen LogP contribution in [0.25, 0.3) is 0 Å². The summed E-state index contributed by atoms with van der Waals surface area (Å²) in [5.74, 6) is -1.45. The topological polar surface area (TPSA) is 136 Å². The van der Waals surface area contributed by atoms with Crippen molar-refractivity contribution in [1.29, 1.82) is 0 Å². The predicted molar refractivity (Wildman–Crippen MR) is 55.7 cm³/mol. The fourth-order valence-electron chi connectivity index (χ4n) is 1.22. The molecule has 0 saturated carbocycles. The van der Waals surface area contributed by atoms with Crippen LogP contribution >= 0.6 is 0 Å². The van der Waals surface area contributed by atoms with E-state index in [9.17, 15) is 30.1 Å². The van der Waals surface area contributed by atoms with Gasteiger partial charge in [0.1, 0.15) is 5.69 Å². The largest absolute Gasteiger partial charge is 0.502 e. The molecule has 0 fully saturated rings. The molecule has 0 heterocycles. The molecule has 1 rings (SSSR count). The Morgan fingerprint density at radius 2 is 1.76 bits per heavy atom. The van der Waals surface area contributed by atoms with Crippen molar-refractivity contribution in [3.05, 3.63) is 32.4 Å². The molecule has 0 saturated heterocycles. The number of nitrogens with one attached hydrogen (secondary N) is 1. The number of carbonyl (C=O) groups excluding carboxylic acids is 1. The average Bonchev–Trinajstić information content (AvgIpc) is 2.18. The van der Waals surface area contributed by atoms with Crippen LogP contribution in [0.15, 0.2) is 12.1 Å². The molecule has 0 spiro atoms. The Morgan fingerprint density at radius 3 is 2.18 bits per heavy atom. The monoisotopic (exact) mass is 241 g/mol. The summed E-state index contributed by atoms with van der Waals surface area (Å²) in [5.41, 5.74) is -2.35. The summed E-state index contributed by atoms with van der Waals surface area (Å²) in [5, 5.41) is 32.6. The molecule has 9 heteroatoms. The first kappa shape index (κ1) is 12.4. The molecule has 0 radical (unpaired) electrons. The molecule has 1 amide bonds. The second-order valence-electron chi connectivity index (χ2n) is 3.02. The first-order chi connectivity index (χ1) is 7.84. The van der Waals surface area contributed by atoms with E-state index in [1.807, 2.05) is 0 Å². The molecule has 17 heavy (non-hydrogen) atoms.